The molecule has 0 radical (unpaired) electrons. The number of fused-ring (bicyclic) bond motifs is 1. The van der Waals surface area contributed by atoms with Crippen molar-refractivity contribution in [3.05, 3.63) is 0 Å². The summed E-state index contributed by atoms with van der Waals surface area (Å²) in [6, 6.07) is 0. The molecule has 0 bridgehead atoms. The normalized spacial score (nSPS) is 36.5. The fourth-order valence-corrected chi connectivity index (χ4v) is 2.25. The minimum Gasteiger partial charge on any atom is -0.456 e. The summed E-state index contributed by atoms with van der Waals surface area (Å²) >= 11 is 0. The number of rotatable bonds is 2. The van der Waals surface area contributed by atoms with E-state index in [0.717, 1.165) is 0 Å². The van der Waals surface area contributed by atoms with Crippen LogP contribution < -0.4 is 0 Å². The molecule has 0 amide bonds. The Hall–Kier alpha value is -1.67. The van der Waals surface area contributed by atoms with Gasteiger partial charge in [0, 0.05) is 13.8 Å². The Bertz CT molecular complexity index is 416. The molecule has 0 saturated carbocycles. The third-order valence-electron chi connectivity index (χ3n) is 2.96. The molecule has 8 heteroatoms. The molecule has 0 unspecified atom stereocenters. The van der Waals surface area contributed by atoms with Gasteiger partial charge in [-0.2, -0.15) is 0 Å². The van der Waals surface area contributed by atoms with Gasteiger partial charge in [-0.1, -0.05) is 0 Å². The first-order valence-electron chi connectivity index (χ1n) is 6.19. The third kappa shape index (κ3) is 3.07. The number of carbonyl (C=O) groups excluding carboxylic acids is 3. The zero-order chi connectivity index (χ0) is 14.9. The molecule has 2 aliphatic rings. The maximum atomic E-state index is 11.3. The standard InChI is InChI=1S/C12H16O8/c1-5-9(18-6(2)13)10(19-7(3)14)11-12(17-5)16-4-8(15)20-11/h5,9-12H,4H2,1-3H3/t5-,9-,10+,11+,12-/m0/s1. The van der Waals surface area contributed by atoms with Gasteiger partial charge < -0.3 is 23.7 Å². The summed E-state index contributed by atoms with van der Waals surface area (Å²) in [5.74, 6) is -1.73. The lowest BCUT2D eigenvalue weighted by Gasteiger charge is -2.44. The lowest BCUT2D eigenvalue weighted by Crippen LogP contribution is -2.63. The molecule has 112 valence electrons. The molecule has 5 atom stereocenters. The van der Waals surface area contributed by atoms with Crippen LogP contribution >= 0.6 is 0 Å². The third-order valence-corrected chi connectivity index (χ3v) is 2.96. The predicted octanol–water partition coefficient (Wildman–Crippen LogP) is -0.463. The van der Waals surface area contributed by atoms with Crippen molar-refractivity contribution in [3.63, 3.8) is 0 Å². The smallest absolute Gasteiger partial charge is 0.332 e. The maximum absolute atomic E-state index is 11.3. The fourth-order valence-electron chi connectivity index (χ4n) is 2.25. The monoisotopic (exact) mass is 288 g/mol. The van der Waals surface area contributed by atoms with Crippen molar-refractivity contribution in [1.82, 2.24) is 0 Å². The minimum atomic E-state index is -0.964. The number of carbonyl (C=O) groups is 3. The Morgan fingerprint density at radius 1 is 1.15 bits per heavy atom. The first kappa shape index (κ1) is 14.7. The second-order valence-corrected chi connectivity index (χ2v) is 4.62. The molecule has 0 aromatic rings. The van der Waals surface area contributed by atoms with E-state index in [2.05, 4.69) is 0 Å². The van der Waals surface area contributed by atoms with E-state index in [9.17, 15) is 14.4 Å². The van der Waals surface area contributed by atoms with Crippen molar-refractivity contribution in [2.75, 3.05) is 6.61 Å². The molecule has 2 saturated heterocycles. The largest absolute Gasteiger partial charge is 0.456 e. The average molecular weight is 288 g/mol. The lowest BCUT2D eigenvalue weighted by atomic mass is 9.98. The summed E-state index contributed by atoms with van der Waals surface area (Å²) in [5.41, 5.74) is 0. The maximum Gasteiger partial charge on any atom is 0.332 e. The summed E-state index contributed by atoms with van der Waals surface area (Å²) in [5, 5.41) is 0. The molecule has 2 aliphatic heterocycles. The number of hydrogen-bond acceptors (Lipinski definition) is 8. The molecule has 0 spiro atoms. The van der Waals surface area contributed by atoms with Crippen LogP contribution in [0.1, 0.15) is 20.8 Å². The van der Waals surface area contributed by atoms with Crippen molar-refractivity contribution in [2.24, 2.45) is 0 Å². The summed E-state index contributed by atoms with van der Waals surface area (Å²) in [6.07, 6.45) is -4.21. The second kappa shape index (κ2) is 5.76. The van der Waals surface area contributed by atoms with Gasteiger partial charge in [0.2, 0.25) is 0 Å². The zero-order valence-electron chi connectivity index (χ0n) is 11.4. The Balaban J connectivity index is 2.23. The number of esters is 3. The van der Waals surface area contributed by atoms with E-state index in [0.29, 0.717) is 0 Å². The van der Waals surface area contributed by atoms with Gasteiger partial charge in [0.1, 0.15) is 6.61 Å². The highest BCUT2D eigenvalue weighted by Crippen LogP contribution is 2.30. The van der Waals surface area contributed by atoms with Crippen molar-refractivity contribution < 1.29 is 38.1 Å². The van der Waals surface area contributed by atoms with Crippen LogP contribution in [0, 0.1) is 0 Å². The highest BCUT2D eigenvalue weighted by atomic mass is 16.7. The molecule has 2 heterocycles. The molecular weight excluding hydrogens is 272 g/mol. The minimum absolute atomic E-state index is 0.237. The van der Waals surface area contributed by atoms with E-state index in [1.165, 1.54) is 13.8 Å². The second-order valence-electron chi connectivity index (χ2n) is 4.62. The van der Waals surface area contributed by atoms with Gasteiger partial charge in [0.05, 0.1) is 6.10 Å². The van der Waals surface area contributed by atoms with Crippen molar-refractivity contribution in [3.8, 4) is 0 Å². The first-order valence-corrected chi connectivity index (χ1v) is 6.19. The van der Waals surface area contributed by atoms with E-state index in [1.54, 1.807) is 6.92 Å². The Morgan fingerprint density at radius 2 is 1.75 bits per heavy atom. The molecule has 0 aromatic carbocycles. The van der Waals surface area contributed by atoms with Crippen LogP contribution in [0.15, 0.2) is 0 Å². The number of hydrogen-bond donors (Lipinski definition) is 0. The van der Waals surface area contributed by atoms with E-state index in [1.807, 2.05) is 0 Å². The van der Waals surface area contributed by atoms with Gasteiger partial charge in [0.25, 0.3) is 0 Å². The molecule has 2 fully saturated rings. The molecule has 0 aliphatic carbocycles. The highest BCUT2D eigenvalue weighted by molar-refractivity contribution is 5.72. The van der Waals surface area contributed by atoms with E-state index in [-0.39, 0.29) is 6.61 Å². The lowest BCUT2D eigenvalue weighted by molar-refractivity contribution is -0.317. The summed E-state index contributed by atoms with van der Waals surface area (Å²) in [7, 11) is 0. The van der Waals surface area contributed by atoms with Crippen LogP contribution in [0.4, 0.5) is 0 Å². The number of ether oxygens (including phenoxy) is 5. The molecule has 0 N–H and O–H groups in total. The van der Waals surface area contributed by atoms with Crippen LogP contribution in [0.2, 0.25) is 0 Å². The van der Waals surface area contributed by atoms with Crippen LogP contribution in [-0.2, 0) is 38.1 Å². The SMILES string of the molecule is CC(=O)O[C@@H]1[C@@H](OC(C)=O)[C@H](C)O[C@@H]2OCC(=O)O[C@@H]21. The van der Waals surface area contributed by atoms with E-state index >= 15 is 0 Å². The van der Waals surface area contributed by atoms with Crippen LogP contribution in [0.3, 0.4) is 0 Å². The summed E-state index contributed by atoms with van der Waals surface area (Å²) in [6.45, 7) is 3.86. The van der Waals surface area contributed by atoms with Crippen LogP contribution in [-0.4, -0.2) is 55.2 Å². The quantitative estimate of drug-likeness (QED) is 0.497. The average Bonchev–Trinajstić information content (AvgIpc) is 2.33. The summed E-state index contributed by atoms with van der Waals surface area (Å²) < 4.78 is 26.1. The predicted molar refractivity (Wildman–Crippen MR) is 61.3 cm³/mol. The summed E-state index contributed by atoms with van der Waals surface area (Å²) in [4.78, 5) is 33.7. The van der Waals surface area contributed by atoms with Gasteiger partial charge in [-0.05, 0) is 6.92 Å². The van der Waals surface area contributed by atoms with Gasteiger partial charge in [-0.3, -0.25) is 9.59 Å². The molecule has 20 heavy (non-hydrogen) atoms. The molecule has 0 aromatic heterocycles. The topological polar surface area (TPSA) is 97.4 Å². The zero-order valence-corrected chi connectivity index (χ0v) is 11.4. The van der Waals surface area contributed by atoms with Crippen molar-refractivity contribution in [2.45, 2.75) is 51.5 Å². The highest BCUT2D eigenvalue weighted by Gasteiger charge is 2.52. The van der Waals surface area contributed by atoms with Crippen molar-refractivity contribution >= 4 is 17.9 Å². The Labute approximate surface area is 115 Å². The fraction of sp³-hybridized carbons (Fsp3) is 0.750. The van der Waals surface area contributed by atoms with Crippen LogP contribution in [0.5, 0.6) is 0 Å². The van der Waals surface area contributed by atoms with Crippen LogP contribution in [0.25, 0.3) is 0 Å². The van der Waals surface area contributed by atoms with Crippen molar-refractivity contribution in [1.29, 1.82) is 0 Å². The Kier molecular flexibility index (Phi) is 4.24. The van der Waals surface area contributed by atoms with Gasteiger partial charge in [-0.15, -0.1) is 0 Å². The van der Waals surface area contributed by atoms with Gasteiger partial charge in [0.15, 0.2) is 24.6 Å². The first-order chi connectivity index (χ1) is 9.38. The molecule has 2 rings (SSSR count). The molecule has 8 nitrogen and oxygen atoms in total. The van der Waals surface area contributed by atoms with E-state index < -0.39 is 48.6 Å². The van der Waals surface area contributed by atoms with E-state index in [4.69, 9.17) is 23.7 Å². The van der Waals surface area contributed by atoms with Gasteiger partial charge >= 0.3 is 17.9 Å². The molecular formula is C12H16O8. The van der Waals surface area contributed by atoms with Gasteiger partial charge in [-0.25, -0.2) is 4.79 Å². The Morgan fingerprint density at radius 3 is 2.35 bits per heavy atom.